The first kappa shape index (κ1) is 21.7. The first-order valence-electron chi connectivity index (χ1n) is 11.5. The predicted octanol–water partition coefficient (Wildman–Crippen LogP) is 2.56. The predicted molar refractivity (Wildman–Crippen MR) is 133 cm³/mol. The highest BCUT2D eigenvalue weighted by Gasteiger charge is 2.23. The Hall–Kier alpha value is -4.13. The molecule has 0 saturated carbocycles. The minimum Gasteiger partial charge on any atom is -0.368 e. The van der Waals surface area contributed by atoms with E-state index >= 15 is 0 Å². The van der Waals surface area contributed by atoms with Gasteiger partial charge in [0.2, 0.25) is 5.91 Å². The van der Waals surface area contributed by atoms with Crippen molar-refractivity contribution in [2.24, 2.45) is 0 Å². The number of amides is 1. The van der Waals surface area contributed by atoms with E-state index in [0.29, 0.717) is 30.7 Å². The van der Waals surface area contributed by atoms with Crippen LogP contribution in [0.1, 0.15) is 5.56 Å². The number of rotatable bonds is 5. The average molecular weight is 455 g/mol. The fourth-order valence-corrected chi connectivity index (χ4v) is 4.54. The molecule has 1 saturated heterocycles. The molecule has 5 rings (SSSR count). The normalized spacial score (nSPS) is 13.9. The lowest BCUT2D eigenvalue weighted by atomic mass is 10.2. The van der Waals surface area contributed by atoms with Crippen LogP contribution in [0.4, 0.5) is 5.69 Å². The Morgan fingerprint density at radius 2 is 1.18 bits per heavy atom. The highest BCUT2D eigenvalue weighted by atomic mass is 16.2. The lowest BCUT2D eigenvalue weighted by Crippen LogP contribution is -2.51. The number of carbonyl (C=O) groups is 1. The van der Waals surface area contributed by atoms with Gasteiger partial charge in [0.1, 0.15) is 6.54 Å². The molecule has 1 aliphatic rings. The molecule has 7 heteroatoms. The summed E-state index contributed by atoms with van der Waals surface area (Å²) in [6.45, 7) is 2.75. The Labute approximate surface area is 197 Å². The molecule has 1 aliphatic heterocycles. The molecule has 172 valence electrons. The highest BCUT2D eigenvalue weighted by Crippen LogP contribution is 2.17. The number of benzene rings is 3. The number of anilines is 1. The molecule has 1 fully saturated rings. The maximum Gasteiger partial charge on any atom is 0.317 e. The summed E-state index contributed by atoms with van der Waals surface area (Å²) in [5, 5.41) is 0. The monoisotopic (exact) mass is 454 g/mol. The van der Waals surface area contributed by atoms with Crippen molar-refractivity contribution in [3.63, 3.8) is 0 Å². The third-order valence-corrected chi connectivity index (χ3v) is 6.37. The van der Waals surface area contributed by atoms with Gasteiger partial charge in [-0.05, 0) is 29.8 Å². The molecular formula is C27H26N4O3. The van der Waals surface area contributed by atoms with Crippen molar-refractivity contribution in [2.45, 2.75) is 13.1 Å². The second-order valence-electron chi connectivity index (χ2n) is 8.46. The van der Waals surface area contributed by atoms with Crippen LogP contribution in [-0.2, 0) is 17.9 Å². The molecule has 3 aromatic carbocycles. The van der Waals surface area contributed by atoms with Crippen LogP contribution in [0.5, 0.6) is 0 Å². The van der Waals surface area contributed by atoms with Crippen molar-refractivity contribution < 1.29 is 4.79 Å². The Morgan fingerprint density at radius 1 is 0.647 bits per heavy atom. The highest BCUT2D eigenvalue weighted by molar-refractivity contribution is 5.80. The third kappa shape index (κ3) is 4.24. The Kier molecular flexibility index (Phi) is 5.99. The van der Waals surface area contributed by atoms with Gasteiger partial charge in [0.05, 0.1) is 17.6 Å². The summed E-state index contributed by atoms with van der Waals surface area (Å²) in [5.41, 5.74) is 1.99. The topological polar surface area (TPSA) is 67.5 Å². The van der Waals surface area contributed by atoms with Gasteiger partial charge in [-0.1, -0.05) is 60.7 Å². The summed E-state index contributed by atoms with van der Waals surface area (Å²) >= 11 is 0. The zero-order valence-electron chi connectivity index (χ0n) is 18.8. The zero-order valence-corrected chi connectivity index (χ0v) is 18.8. The Morgan fingerprint density at radius 3 is 1.82 bits per heavy atom. The molecule has 0 spiro atoms. The smallest absolute Gasteiger partial charge is 0.317 e. The molecule has 1 amide bonds. The minimum atomic E-state index is -0.675. The molecule has 4 aromatic rings. The molecule has 0 radical (unpaired) electrons. The maximum absolute atomic E-state index is 13.1. The summed E-state index contributed by atoms with van der Waals surface area (Å²) < 4.78 is 2.82. The van der Waals surface area contributed by atoms with Crippen LogP contribution in [0.3, 0.4) is 0 Å². The standard InChI is InChI=1S/C27H26N4O3/c32-25(29-17-15-28(16-18-29)22-11-5-2-6-12-22)20-31-24-14-8-7-13-23(24)30(26(33)27(31)34)19-21-9-3-1-4-10-21/h1-14H,15-20H2. The molecule has 0 atom stereocenters. The number of aromatic nitrogens is 2. The van der Waals surface area contributed by atoms with Gasteiger partial charge in [0.25, 0.3) is 0 Å². The van der Waals surface area contributed by atoms with Crippen LogP contribution in [0, 0.1) is 0 Å². The summed E-state index contributed by atoms with van der Waals surface area (Å²) in [5.74, 6) is -0.153. The molecule has 7 nitrogen and oxygen atoms in total. The van der Waals surface area contributed by atoms with Gasteiger partial charge in [-0.15, -0.1) is 0 Å². The largest absolute Gasteiger partial charge is 0.368 e. The van der Waals surface area contributed by atoms with E-state index in [0.717, 1.165) is 24.3 Å². The van der Waals surface area contributed by atoms with Crippen LogP contribution in [0.25, 0.3) is 11.0 Å². The van der Waals surface area contributed by atoms with E-state index in [-0.39, 0.29) is 12.5 Å². The van der Waals surface area contributed by atoms with Crippen LogP contribution < -0.4 is 16.0 Å². The zero-order chi connectivity index (χ0) is 23.5. The lowest BCUT2D eigenvalue weighted by Gasteiger charge is -2.36. The molecule has 34 heavy (non-hydrogen) atoms. The first-order valence-corrected chi connectivity index (χ1v) is 11.5. The second-order valence-corrected chi connectivity index (χ2v) is 8.46. The number of nitrogens with zero attached hydrogens (tertiary/aromatic N) is 4. The van der Waals surface area contributed by atoms with Crippen LogP contribution >= 0.6 is 0 Å². The minimum absolute atomic E-state index is 0.147. The molecule has 0 unspecified atom stereocenters. The van der Waals surface area contributed by atoms with E-state index in [1.165, 1.54) is 9.13 Å². The van der Waals surface area contributed by atoms with Gasteiger partial charge in [-0.25, -0.2) is 0 Å². The van der Waals surface area contributed by atoms with Gasteiger partial charge in [-0.3, -0.25) is 23.5 Å². The summed E-state index contributed by atoms with van der Waals surface area (Å²) in [6.07, 6.45) is 0. The first-order chi connectivity index (χ1) is 16.6. The van der Waals surface area contributed by atoms with Crippen LogP contribution in [0.15, 0.2) is 94.5 Å². The molecule has 0 N–H and O–H groups in total. The number of fused-ring (bicyclic) bond motifs is 1. The average Bonchev–Trinajstić information content (AvgIpc) is 2.90. The molecule has 0 aliphatic carbocycles. The van der Waals surface area contributed by atoms with Crippen molar-refractivity contribution in [1.29, 1.82) is 0 Å². The van der Waals surface area contributed by atoms with E-state index in [9.17, 15) is 14.4 Å². The summed E-state index contributed by atoms with van der Waals surface area (Å²) in [7, 11) is 0. The van der Waals surface area contributed by atoms with E-state index in [4.69, 9.17) is 0 Å². The quantitative estimate of drug-likeness (QED) is 0.435. The van der Waals surface area contributed by atoms with Crippen molar-refractivity contribution in [2.75, 3.05) is 31.1 Å². The van der Waals surface area contributed by atoms with Gasteiger partial charge in [-0.2, -0.15) is 0 Å². The Bertz CT molecular complexity index is 1420. The van der Waals surface area contributed by atoms with Crippen molar-refractivity contribution in [1.82, 2.24) is 14.0 Å². The molecular weight excluding hydrogens is 428 g/mol. The molecule has 2 heterocycles. The van der Waals surface area contributed by atoms with E-state index in [1.807, 2.05) is 66.7 Å². The van der Waals surface area contributed by atoms with Crippen LogP contribution in [-0.4, -0.2) is 46.1 Å². The van der Waals surface area contributed by atoms with Crippen LogP contribution in [0.2, 0.25) is 0 Å². The number of hydrogen-bond acceptors (Lipinski definition) is 4. The molecule has 0 bridgehead atoms. The summed E-state index contributed by atoms with van der Waals surface area (Å²) in [6, 6.07) is 26.9. The fraction of sp³-hybridized carbons (Fsp3) is 0.222. The van der Waals surface area contributed by atoms with Gasteiger partial charge in [0, 0.05) is 31.9 Å². The summed E-state index contributed by atoms with van der Waals surface area (Å²) in [4.78, 5) is 43.3. The maximum atomic E-state index is 13.1. The van der Waals surface area contributed by atoms with Crippen molar-refractivity contribution in [3.05, 3.63) is 111 Å². The van der Waals surface area contributed by atoms with Gasteiger partial charge in [0.15, 0.2) is 0 Å². The van der Waals surface area contributed by atoms with Crippen molar-refractivity contribution >= 4 is 22.6 Å². The number of para-hydroxylation sites is 3. The SMILES string of the molecule is O=C(Cn1c(=O)c(=O)n(Cc2ccccc2)c2ccccc21)N1CCN(c2ccccc2)CC1. The Balaban J connectivity index is 1.40. The molecule has 1 aromatic heterocycles. The number of carbonyl (C=O) groups excluding carboxylic acids is 1. The van der Waals surface area contributed by atoms with E-state index in [2.05, 4.69) is 17.0 Å². The number of hydrogen-bond donors (Lipinski definition) is 0. The van der Waals surface area contributed by atoms with E-state index in [1.54, 1.807) is 11.0 Å². The second kappa shape index (κ2) is 9.39. The van der Waals surface area contributed by atoms with E-state index < -0.39 is 11.1 Å². The van der Waals surface area contributed by atoms with Crippen molar-refractivity contribution in [3.8, 4) is 0 Å². The lowest BCUT2D eigenvalue weighted by molar-refractivity contribution is -0.132. The number of piperazine rings is 1. The van der Waals surface area contributed by atoms with Gasteiger partial charge >= 0.3 is 11.1 Å². The fourth-order valence-electron chi connectivity index (χ4n) is 4.54. The third-order valence-electron chi connectivity index (χ3n) is 6.37. The van der Waals surface area contributed by atoms with Gasteiger partial charge < -0.3 is 9.80 Å².